The highest BCUT2D eigenvalue weighted by Gasteiger charge is 2.09. The number of fused-ring (bicyclic) bond motifs is 1. The number of hydrogen-bond donors (Lipinski definition) is 2. The van der Waals surface area contributed by atoms with Gasteiger partial charge in [0.25, 0.3) is 0 Å². The maximum Gasteiger partial charge on any atom is 0.221 e. The Hall–Kier alpha value is -1.10. The molecule has 0 aliphatic heterocycles. The third-order valence-corrected chi connectivity index (χ3v) is 4.84. The Labute approximate surface area is 134 Å². The van der Waals surface area contributed by atoms with Crippen LogP contribution in [0.5, 0.6) is 0 Å². The number of halogens is 1. The van der Waals surface area contributed by atoms with Crippen molar-refractivity contribution in [3.05, 3.63) is 34.2 Å². The molecule has 0 atom stereocenters. The van der Waals surface area contributed by atoms with E-state index in [-0.39, 0.29) is 5.91 Å². The summed E-state index contributed by atoms with van der Waals surface area (Å²) in [6.45, 7) is 6.27. The van der Waals surface area contributed by atoms with Crippen molar-refractivity contribution in [2.75, 3.05) is 13.1 Å². The molecule has 1 aromatic carbocycles. The molecule has 1 heterocycles. The summed E-state index contributed by atoms with van der Waals surface area (Å²) in [5.41, 5.74) is 0. The van der Waals surface area contributed by atoms with Crippen LogP contribution >= 0.6 is 22.9 Å². The average molecular weight is 325 g/mol. The van der Waals surface area contributed by atoms with Gasteiger partial charge in [0.05, 0.1) is 5.02 Å². The molecule has 0 unspecified atom stereocenters. The zero-order valence-corrected chi connectivity index (χ0v) is 14.0. The van der Waals surface area contributed by atoms with Gasteiger partial charge in [0.1, 0.15) is 0 Å². The minimum Gasteiger partial charge on any atom is -0.356 e. The third kappa shape index (κ3) is 4.70. The number of nitrogens with one attached hydrogen (secondary N) is 2. The van der Waals surface area contributed by atoms with E-state index in [1.165, 1.54) is 4.70 Å². The minimum absolute atomic E-state index is 0.0960. The van der Waals surface area contributed by atoms with Gasteiger partial charge in [-0.25, -0.2) is 0 Å². The monoisotopic (exact) mass is 324 g/mol. The standard InChI is InChI=1S/C16H21ClN2OS/c1-11(2)9-19-15(20)7-8-18-10-14-16(17)12-5-3-4-6-13(12)21-14/h3-6,11,18H,7-10H2,1-2H3,(H,19,20). The van der Waals surface area contributed by atoms with E-state index < -0.39 is 0 Å². The molecule has 114 valence electrons. The molecule has 0 bridgehead atoms. The molecular weight excluding hydrogens is 304 g/mol. The smallest absolute Gasteiger partial charge is 0.221 e. The predicted molar refractivity (Wildman–Crippen MR) is 91.0 cm³/mol. The van der Waals surface area contributed by atoms with Gasteiger partial charge >= 0.3 is 0 Å². The van der Waals surface area contributed by atoms with Gasteiger partial charge in [-0.1, -0.05) is 43.6 Å². The lowest BCUT2D eigenvalue weighted by Gasteiger charge is -2.08. The van der Waals surface area contributed by atoms with Gasteiger partial charge in [-0.3, -0.25) is 4.79 Å². The molecule has 0 radical (unpaired) electrons. The molecule has 2 N–H and O–H groups in total. The molecule has 0 saturated heterocycles. The van der Waals surface area contributed by atoms with Gasteiger partial charge in [0, 0.05) is 41.0 Å². The first-order valence-corrected chi connectivity index (χ1v) is 8.40. The van der Waals surface area contributed by atoms with Crippen LogP contribution in [-0.4, -0.2) is 19.0 Å². The minimum atomic E-state index is 0.0960. The molecule has 1 amide bonds. The van der Waals surface area contributed by atoms with Gasteiger partial charge in [0.2, 0.25) is 5.91 Å². The van der Waals surface area contributed by atoms with E-state index in [1.807, 2.05) is 18.2 Å². The van der Waals surface area contributed by atoms with Crippen molar-refractivity contribution in [1.29, 1.82) is 0 Å². The molecule has 0 saturated carbocycles. The second kappa shape index (κ2) is 7.78. The Morgan fingerprint density at radius 1 is 1.33 bits per heavy atom. The molecule has 2 rings (SSSR count). The Morgan fingerprint density at radius 3 is 2.81 bits per heavy atom. The average Bonchev–Trinajstić information content (AvgIpc) is 2.78. The van der Waals surface area contributed by atoms with Crippen molar-refractivity contribution in [2.45, 2.75) is 26.8 Å². The summed E-state index contributed by atoms with van der Waals surface area (Å²) in [5.74, 6) is 0.581. The van der Waals surface area contributed by atoms with Gasteiger partial charge < -0.3 is 10.6 Å². The van der Waals surface area contributed by atoms with Crippen molar-refractivity contribution in [3.63, 3.8) is 0 Å². The fraction of sp³-hybridized carbons (Fsp3) is 0.438. The Kier molecular flexibility index (Phi) is 6.03. The molecule has 1 aromatic heterocycles. The largest absolute Gasteiger partial charge is 0.356 e. The summed E-state index contributed by atoms with van der Waals surface area (Å²) < 4.78 is 1.20. The number of thiophene rings is 1. The second-order valence-electron chi connectivity index (χ2n) is 5.46. The quantitative estimate of drug-likeness (QED) is 0.760. The number of amides is 1. The first kappa shape index (κ1) is 16.3. The Bertz CT molecular complexity index is 609. The molecular formula is C16H21ClN2OS. The van der Waals surface area contributed by atoms with Crippen LogP contribution in [0.2, 0.25) is 5.02 Å². The fourth-order valence-corrected chi connectivity index (χ4v) is 3.46. The maximum atomic E-state index is 11.6. The van der Waals surface area contributed by atoms with Crippen molar-refractivity contribution in [3.8, 4) is 0 Å². The molecule has 0 aliphatic rings. The molecule has 21 heavy (non-hydrogen) atoms. The number of rotatable bonds is 7. The highest BCUT2D eigenvalue weighted by molar-refractivity contribution is 7.19. The normalized spacial score (nSPS) is 11.2. The SMILES string of the molecule is CC(C)CNC(=O)CCNCc1sc2ccccc2c1Cl. The molecule has 0 spiro atoms. The first-order valence-electron chi connectivity index (χ1n) is 7.21. The molecule has 2 aromatic rings. The zero-order chi connectivity index (χ0) is 15.2. The van der Waals surface area contributed by atoms with Crippen molar-refractivity contribution < 1.29 is 4.79 Å². The lowest BCUT2D eigenvalue weighted by atomic mass is 10.2. The van der Waals surface area contributed by atoms with Crippen molar-refractivity contribution in [1.82, 2.24) is 10.6 Å². The van der Waals surface area contributed by atoms with Crippen LogP contribution < -0.4 is 10.6 Å². The highest BCUT2D eigenvalue weighted by atomic mass is 35.5. The van der Waals surface area contributed by atoms with Crippen LogP contribution in [0.4, 0.5) is 0 Å². The van der Waals surface area contributed by atoms with E-state index >= 15 is 0 Å². The predicted octanol–water partition coefficient (Wildman–Crippen LogP) is 3.81. The van der Waals surface area contributed by atoms with Gasteiger partial charge in [-0.15, -0.1) is 11.3 Å². The number of benzene rings is 1. The molecule has 5 heteroatoms. The lowest BCUT2D eigenvalue weighted by molar-refractivity contribution is -0.121. The van der Waals surface area contributed by atoms with Gasteiger partial charge in [0.15, 0.2) is 0 Å². The van der Waals surface area contributed by atoms with Crippen LogP contribution in [0.3, 0.4) is 0 Å². The van der Waals surface area contributed by atoms with Crippen LogP contribution in [0, 0.1) is 5.92 Å². The summed E-state index contributed by atoms with van der Waals surface area (Å²) in [7, 11) is 0. The van der Waals surface area contributed by atoms with E-state index in [1.54, 1.807) is 11.3 Å². The van der Waals surface area contributed by atoms with E-state index in [9.17, 15) is 4.79 Å². The van der Waals surface area contributed by atoms with Crippen molar-refractivity contribution in [2.24, 2.45) is 5.92 Å². The lowest BCUT2D eigenvalue weighted by Crippen LogP contribution is -2.30. The van der Waals surface area contributed by atoms with E-state index in [0.29, 0.717) is 25.4 Å². The summed E-state index contributed by atoms with van der Waals surface area (Å²) in [6.07, 6.45) is 0.495. The third-order valence-electron chi connectivity index (χ3n) is 3.12. The molecule has 0 aliphatic carbocycles. The summed E-state index contributed by atoms with van der Waals surface area (Å²) in [5, 5.41) is 8.13. The van der Waals surface area contributed by atoms with Gasteiger partial charge in [-0.05, 0) is 12.0 Å². The van der Waals surface area contributed by atoms with Crippen LogP contribution in [-0.2, 0) is 11.3 Å². The van der Waals surface area contributed by atoms with Crippen LogP contribution in [0.15, 0.2) is 24.3 Å². The van der Waals surface area contributed by atoms with Crippen LogP contribution in [0.1, 0.15) is 25.1 Å². The van der Waals surface area contributed by atoms with E-state index in [4.69, 9.17) is 11.6 Å². The maximum absolute atomic E-state index is 11.6. The Balaban J connectivity index is 1.78. The number of carbonyl (C=O) groups excluding carboxylic acids is 1. The Morgan fingerprint density at radius 2 is 2.10 bits per heavy atom. The van der Waals surface area contributed by atoms with Crippen LogP contribution in [0.25, 0.3) is 10.1 Å². The summed E-state index contributed by atoms with van der Waals surface area (Å²) in [6, 6.07) is 8.13. The summed E-state index contributed by atoms with van der Waals surface area (Å²) in [4.78, 5) is 12.7. The van der Waals surface area contributed by atoms with E-state index in [2.05, 4.69) is 30.5 Å². The highest BCUT2D eigenvalue weighted by Crippen LogP contribution is 2.34. The topological polar surface area (TPSA) is 41.1 Å². The summed E-state index contributed by atoms with van der Waals surface area (Å²) >= 11 is 8.08. The fourth-order valence-electron chi connectivity index (χ4n) is 1.99. The van der Waals surface area contributed by atoms with E-state index in [0.717, 1.165) is 21.8 Å². The second-order valence-corrected chi connectivity index (χ2v) is 6.97. The first-order chi connectivity index (χ1) is 10.1. The molecule has 3 nitrogen and oxygen atoms in total. The van der Waals surface area contributed by atoms with Gasteiger partial charge in [-0.2, -0.15) is 0 Å². The molecule has 0 fully saturated rings. The number of carbonyl (C=O) groups is 1. The number of hydrogen-bond acceptors (Lipinski definition) is 3. The van der Waals surface area contributed by atoms with Crippen molar-refractivity contribution >= 4 is 38.9 Å². The zero-order valence-electron chi connectivity index (χ0n) is 12.4.